The molecule has 2 amide bonds. The standard InChI is InChI=1S/C23H28ClN3O4S/c1-3-27(4-2)32(30,31)21-15-17(12-13-20(21)24)23(29)26-14-8-9-18(16-26)22(28)25-19-10-6-5-7-11-19/h5-7,10-13,15,18H,3-4,8-9,14,16H2,1-2H3,(H,25,28). The summed E-state index contributed by atoms with van der Waals surface area (Å²) in [4.78, 5) is 27.4. The van der Waals surface area contributed by atoms with Gasteiger partial charge in [0.25, 0.3) is 5.91 Å². The molecule has 9 heteroatoms. The van der Waals surface area contributed by atoms with Gasteiger partial charge >= 0.3 is 0 Å². The molecular weight excluding hydrogens is 450 g/mol. The van der Waals surface area contributed by atoms with E-state index in [2.05, 4.69) is 5.32 Å². The molecule has 1 heterocycles. The van der Waals surface area contributed by atoms with Gasteiger partial charge in [0.1, 0.15) is 4.90 Å². The van der Waals surface area contributed by atoms with Crippen molar-refractivity contribution in [3.8, 4) is 0 Å². The van der Waals surface area contributed by atoms with Crippen molar-refractivity contribution < 1.29 is 18.0 Å². The molecule has 1 unspecified atom stereocenters. The second-order valence-electron chi connectivity index (χ2n) is 7.68. The maximum absolute atomic E-state index is 13.2. The Morgan fingerprint density at radius 2 is 1.81 bits per heavy atom. The largest absolute Gasteiger partial charge is 0.338 e. The number of benzene rings is 2. The molecule has 2 aromatic rings. The lowest BCUT2D eigenvalue weighted by atomic mass is 9.96. The Morgan fingerprint density at radius 1 is 1.12 bits per heavy atom. The number of amides is 2. The zero-order valence-corrected chi connectivity index (χ0v) is 19.8. The number of piperidine rings is 1. The average molecular weight is 478 g/mol. The second-order valence-corrected chi connectivity index (χ2v) is 9.99. The van der Waals surface area contributed by atoms with E-state index in [0.717, 1.165) is 0 Å². The molecule has 32 heavy (non-hydrogen) atoms. The first-order valence-corrected chi connectivity index (χ1v) is 12.5. The monoisotopic (exact) mass is 477 g/mol. The summed E-state index contributed by atoms with van der Waals surface area (Å²) in [6.45, 7) is 4.89. The van der Waals surface area contributed by atoms with Crippen LogP contribution in [0.4, 0.5) is 5.69 Å². The zero-order valence-electron chi connectivity index (χ0n) is 18.3. The Balaban J connectivity index is 1.78. The number of para-hydroxylation sites is 1. The molecule has 2 aromatic carbocycles. The average Bonchev–Trinajstić information content (AvgIpc) is 2.80. The Bertz CT molecular complexity index is 1070. The van der Waals surface area contributed by atoms with E-state index in [1.54, 1.807) is 18.7 Å². The number of carbonyl (C=O) groups is 2. The first kappa shape index (κ1) is 24.2. The third-order valence-electron chi connectivity index (χ3n) is 5.62. The zero-order chi connectivity index (χ0) is 23.3. The predicted molar refractivity (Wildman–Crippen MR) is 125 cm³/mol. The van der Waals surface area contributed by atoms with Gasteiger partial charge in [-0.05, 0) is 43.2 Å². The van der Waals surface area contributed by atoms with Gasteiger partial charge in [-0.25, -0.2) is 8.42 Å². The molecule has 1 fully saturated rings. The van der Waals surface area contributed by atoms with Gasteiger partial charge in [-0.15, -0.1) is 0 Å². The number of sulfonamides is 1. The van der Waals surface area contributed by atoms with Crippen LogP contribution >= 0.6 is 11.6 Å². The third-order valence-corrected chi connectivity index (χ3v) is 8.15. The summed E-state index contributed by atoms with van der Waals surface area (Å²) in [5, 5.41) is 2.97. The molecule has 1 saturated heterocycles. The first-order chi connectivity index (χ1) is 15.3. The van der Waals surface area contributed by atoms with Crippen LogP contribution in [0, 0.1) is 5.92 Å². The molecule has 1 aliphatic rings. The van der Waals surface area contributed by atoms with E-state index in [9.17, 15) is 18.0 Å². The molecule has 0 spiro atoms. The number of carbonyl (C=O) groups excluding carboxylic acids is 2. The fourth-order valence-electron chi connectivity index (χ4n) is 3.86. The van der Waals surface area contributed by atoms with Crippen molar-refractivity contribution in [1.82, 2.24) is 9.21 Å². The second kappa shape index (κ2) is 10.5. The highest BCUT2D eigenvalue weighted by molar-refractivity contribution is 7.89. The molecule has 0 radical (unpaired) electrons. The van der Waals surface area contributed by atoms with Crippen LogP contribution in [0.3, 0.4) is 0 Å². The SMILES string of the molecule is CCN(CC)S(=O)(=O)c1cc(C(=O)N2CCCC(C(=O)Nc3ccccc3)C2)ccc1Cl. The molecule has 1 aliphatic heterocycles. The molecule has 172 valence electrons. The quantitative estimate of drug-likeness (QED) is 0.656. The number of rotatable bonds is 7. The summed E-state index contributed by atoms with van der Waals surface area (Å²) in [6, 6.07) is 13.5. The fourth-order valence-corrected chi connectivity index (χ4v) is 5.82. The maximum atomic E-state index is 13.2. The van der Waals surface area contributed by atoms with Gasteiger partial charge in [0, 0.05) is 37.4 Å². The maximum Gasteiger partial charge on any atom is 0.253 e. The highest BCUT2D eigenvalue weighted by Gasteiger charge is 2.31. The Kier molecular flexibility index (Phi) is 7.92. The van der Waals surface area contributed by atoms with Crippen LogP contribution in [0.15, 0.2) is 53.4 Å². The number of likely N-dealkylation sites (tertiary alicyclic amines) is 1. The lowest BCUT2D eigenvalue weighted by Crippen LogP contribution is -2.43. The van der Waals surface area contributed by atoms with Crippen molar-refractivity contribution in [2.24, 2.45) is 5.92 Å². The van der Waals surface area contributed by atoms with E-state index in [-0.39, 0.29) is 39.8 Å². The van der Waals surface area contributed by atoms with Crippen LogP contribution in [0.25, 0.3) is 0 Å². The summed E-state index contributed by atoms with van der Waals surface area (Å²) < 4.78 is 27.2. The van der Waals surface area contributed by atoms with E-state index in [0.29, 0.717) is 38.2 Å². The van der Waals surface area contributed by atoms with Crippen molar-refractivity contribution in [2.45, 2.75) is 31.6 Å². The first-order valence-electron chi connectivity index (χ1n) is 10.7. The Hall–Kier alpha value is -2.42. The highest BCUT2D eigenvalue weighted by Crippen LogP contribution is 2.27. The van der Waals surface area contributed by atoms with Crippen LogP contribution in [0.5, 0.6) is 0 Å². The van der Waals surface area contributed by atoms with Gasteiger partial charge in [-0.3, -0.25) is 9.59 Å². The van der Waals surface area contributed by atoms with Crippen molar-refractivity contribution in [2.75, 3.05) is 31.5 Å². The molecule has 3 rings (SSSR count). The van der Waals surface area contributed by atoms with Gasteiger partial charge in [0.05, 0.1) is 10.9 Å². The number of nitrogens with zero attached hydrogens (tertiary/aromatic N) is 2. The highest BCUT2D eigenvalue weighted by atomic mass is 35.5. The molecular formula is C23H28ClN3O4S. The van der Waals surface area contributed by atoms with Crippen molar-refractivity contribution in [3.63, 3.8) is 0 Å². The van der Waals surface area contributed by atoms with Crippen molar-refractivity contribution in [3.05, 3.63) is 59.1 Å². The van der Waals surface area contributed by atoms with Crippen LogP contribution < -0.4 is 5.32 Å². The Morgan fingerprint density at radius 3 is 2.47 bits per heavy atom. The van der Waals surface area contributed by atoms with Gasteiger partial charge in [-0.1, -0.05) is 43.6 Å². The minimum atomic E-state index is -3.81. The summed E-state index contributed by atoms with van der Waals surface area (Å²) in [5.41, 5.74) is 0.953. The van der Waals surface area contributed by atoms with Gasteiger partial charge in [-0.2, -0.15) is 4.31 Å². The third kappa shape index (κ3) is 5.31. The lowest BCUT2D eigenvalue weighted by Gasteiger charge is -2.32. The summed E-state index contributed by atoms with van der Waals surface area (Å²) in [6.07, 6.45) is 1.38. The minimum absolute atomic E-state index is 0.0761. The number of hydrogen-bond donors (Lipinski definition) is 1. The molecule has 0 aromatic heterocycles. The van der Waals surface area contributed by atoms with E-state index < -0.39 is 10.0 Å². The van der Waals surface area contributed by atoms with Gasteiger partial charge in [0.15, 0.2) is 0 Å². The molecule has 1 N–H and O–H groups in total. The summed E-state index contributed by atoms with van der Waals surface area (Å²) in [7, 11) is -3.81. The normalized spacial score (nSPS) is 16.8. The Labute approximate surface area is 194 Å². The van der Waals surface area contributed by atoms with Crippen LogP contribution in [-0.4, -0.2) is 55.6 Å². The number of nitrogens with one attached hydrogen (secondary N) is 1. The summed E-state index contributed by atoms with van der Waals surface area (Å²) in [5.74, 6) is -0.774. The predicted octanol–water partition coefficient (Wildman–Crippen LogP) is 3.86. The van der Waals surface area contributed by atoms with Gasteiger partial charge < -0.3 is 10.2 Å². The van der Waals surface area contributed by atoms with E-state index in [1.807, 2.05) is 30.3 Å². The van der Waals surface area contributed by atoms with Gasteiger partial charge in [0.2, 0.25) is 15.9 Å². The van der Waals surface area contributed by atoms with Crippen LogP contribution in [0.1, 0.15) is 37.0 Å². The van der Waals surface area contributed by atoms with Crippen molar-refractivity contribution >= 4 is 39.1 Å². The molecule has 1 atom stereocenters. The molecule has 0 aliphatic carbocycles. The number of hydrogen-bond acceptors (Lipinski definition) is 4. The molecule has 7 nitrogen and oxygen atoms in total. The summed E-state index contributed by atoms with van der Waals surface area (Å²) >= 11 is 6.19. The van der Waals surface area contributed by atoms with Crippen molar-refractivity contribution in [1.29, 1.82) is 0 Å². The smallest absolute Gasteiger partial charge is 0.253 e. The topological polar surface area (TPSA) is 86.8 Å². The number of anilines is 1. The van der Waals surface area contributed by atoms with Crippen LogP contribution in [-0.2, 0) is 14.8 Å². The van der Waals surface area contributed by atoms with E-state index in [4.69, 9.17) is 11.6 Å². The van der Waals surface area contributed by atoms with Crippen LogP contribution in [0.2, 0.25) is 5.02 Å². The molecule has 0 bridgehead atoms. The molecule has 0 saturated carbocycles. The van der Waals surface area contributed by atoms with E-state index in [1.165, 1.54) is 22.5 Å². The van der Waals surface area contributed by atoms with E-state index >= 15 is 0 Å². The fraction of sp³-hybridized carbons (Fsp3) is 0.391. The lowest BCUT2D eigenvalue weighted by molar-refractivity contribution is -0.121. The minimum Gasteiger partial charge on any atom is -0.338 e. The number of halogens is 1.